The maximum Gasteiger partial charge on any atom is 0.303 e. The molecule has 0 aliphatic rings. The van der Waals surface area contributed by atoms with E-state index in [0.717, 1.165) is 0 Å². The van der Waals surface area contributed by atoms with Crippen molar-refractivity contribution >= 4 is 5.97 Å². The Balaban J connectivity index is 2.70. The second-order valence-electron chi connectivity index (χ2n) is 2.30. The van der Waals surface area contributed by atoms with Crippen molar-refractivity contribution in [2.75, 3.05) is 0 Å². The second-order valence-corrected chi connectivity index (χ2v) is 2.30. The molecule has 5 heteroatoms. The average Bonchev–Trinajstić information content (AvgIpc) is 2.03. The number of carbonyl (C=O) groups is 1. The van der Waals surface area contributed by atoms with Gasteiger partial charge in [-0.2, -0.15) is 0 Å². The van der Waals surface area contributed by atoms with Crippen LogP contribution < -0.4 is 5.56 Å². The van der Waals surface area contributed by atoms with Crippen LogP contribution in [0.5, 0.6) is 0 Å². The summed E-state index contributed by atoms with van der Waals surface area (Å²) in [5, 5.41) is 8.33. The Hall–Kier alpha value is -1.65. The highest BCUT2D eigenvalue weighted by Crippen LogP contribution is 1.92. The number of aliphatic carboxylic acids is 1. The van der Waals surface area contributed by atoms with Gasteiger partial charge >= 0.3 is 5.97 Å². The summed E-state index contributed by atoms with van der Waals surface area (Å²) in [5.41, 5.74) is 0.131. The number of aromatic amines is 1. The molecule has 64 valence electrons. The number of hydrogen-bond donors (Lipinski definition) is 2. The summed E-state index contributed by atoms with van der Waals surface area (Å²) in [6.07, 6.45) is 2.82. The summed E-state index contributed by atoms with van der Waals surface area (Å²) in [5.74, 6) is -0.918. The summed E-state index contributed by atoms with van der Waals surface area (Å²) in [7, 11) is 0. The van der Waals surface area contributed by atoms with Crippen LogP contribution in [0.4, 0.5) is 0 Å². The quantitative estimate of drug-likeness (QED) is 0.654. The molecule has 1 rings (SSSR count). The molecule has 0 radical (unpaired) electrons. The molecule has 1 heterocycles. The first-order valence-electron chi connectivity index (χ1n) is 3.43. The van der Waals surface area contributed by atoms with E-state index in [4.69, 9.17) is 5.11 Å². The third kappa shape index (κ3) is 2.19. The van der Waals surface area contributed by atoms with E-state index in [-0.39, 0.29) is 18.4 Å². The van der Waals surface area contributed by atoms with Crippen LogP contribution in [0.2, 0.25) is 0 Å². The van der Waals surface area contributed by atoms with Gasteiger partial charge in [-0.05, 0) is 6.42 Å². The molecule has 0 spiro atoms. The summed E-state index contributed by atoms with van der Waals surface area (Å²) < 4.78 is 0. The predicted molar refractivity (Wildman–Crippen MR) is 40.8 cm³/mol. The molecule has 2 N–H and O–H groups in total. The molecule has 0 aliphatic heterocycles. The number of nitrogens with zero attached hydrogens (tertiary/aromatic N) is 1. The third-order valence-corrected chi connectivity index (χ3v) is 1.40. The molecular weight excluding hydrogens is 160 g/mol. The highest BCUT2D eigenvalue weighted by Gasteiger charge is 2.01. The van der Waals surface area contributed by atoms with Crippen LogP contribution in [-0.2, 0) is 11.2 Å². The van der Waals surface area contributed by atoms with Gasteiger partial charge in [-0.1, -0.05) is 0 Å². The molecular formula is C7H8N2O3. The number of rotatable bonds is 3. The van der Waals surface area contributed by atoms with Crippen LogP contribution >= 0.6 is 0 Å². The zero-order chi connectivity index (χ0) is 8.97. The Morgan fingerprint density at radius 1 is 1.67 bits per heavy atom. The number of hydrogen-bond acceptors (Lipinski definition) is 3. The summed E-state index contributed by atoms with van der Waals surface area (Å²) >= 11 is 0. The van der Waals surface area contributed by atoms with Gasteiger partial charge in [0.05, 0.1) is 6.33 Å². The lowest BCUT2D eigenvalue weighted by atomic mass is 10.2. The van der Waals surface area contributed by atoms with Crippen molar-refractivity contribution in [3.8, 4) is 0 Å². The van der Waals surface area contributed by atoms with Crippen molar-refractivity contribution in [3.63, 3.8) is 0 Å². The fourth-order valence-electron chi connectivity index (χ4n) is 0.794. The van der Waals surface area contributed by atoms with E-state index in [1.54, 1.807) is 0 Å². The van der Waals surface area contributed by atoms with Crippen LogP contribution in [0.15, 0.2) is 17.3 Å². The topological polar surface area (TPSA) is 83.0 Å². The maximum atomic E-state index is 10.9. The van der Waals surface area contributed by atoms with Gasteiger partial charge in [-0.3, -0.25) is 9.59 Å². The van der Waals surface area contributed by atoms with E-state index >= 15 is 0 Å². The van der Waals surface area contributed by atoms with Crippen LogP contribution in [0.3, 0.4) is 0 Å². The van der Waals surface area contributed by atoms with Crippen molar-refractivity contribution in [2.45, 2.75) is 12.8 Å². The first-order valence-corrected chi connectivity index (χ1v) is 3.43. The molecule has 1 aromatic rings. The molecule has 0 unspecified atom stereocenters. The summed E-state index contributed by atoms with van der Waals surface area (Å²) in [4.78, 5) is 27.1. The van der Waals surface area contributed by atoms with Crippen molar-refractivity contribution in [1.82, 2.24) is 9.97 Å². The molecule has 0 aromatic carbocycles. The van der Waals surface area contributed by atoms with Crippen LogP contribution in [0, 0.1) is 0 Å². The number of carboxylic acids is 1. The predicted octanol–water partition coefficient (Wildman–Crippen LogP) is -0.213. The van der Waals surface area contributed by atoms with E-state index in [1.165, 1.54) is 12.5 Å². The number of aromatic nitrogens is 2. The number of carboxylic acid groups (broad SMARTS) is 1. The largest absolute Gasteiger partial charge is 0.481 e. The summed E-state index contributed by atoms with van der Waals surface area (Å²) in [6, 6.07) is 0. The SMILES string of the molecule is O=C(O)CCc1cnc[nH]c1=O. The first kappa shape index (κ1) is 8.45. The molecule has 12 heavy (non-hydrogen) atoms. The van der Waals surface area contributed by atoms with E-state index in [1.807, 2.05) is 0 Å². The highest BCUT2D eigenvalue weighted by molar-refractivity contribution is 5.66. The minimum Gasteiger partial charge on any atom is -0.481 e. The molecule has 0 aliphatic carbocycles. The van der Waals surface area contributed by atoms with Gasteiger partial charge in [-0.15, -0.1) is 0 Å². The van der Waals surface area contributed by atoms with Gasteiger partial charge in [0, 0.05) is 18.2 Å². The van der Waals surface area contributed by atoms with Gasteiger partial charge in [0.1, 0.15) is 0 Å². The van der Waals surface area contributed by atoms with Gasteiger partial charge in [-0.25, -0.2) is 4.98 Å². The second kappa shape index (κ2) is 3.66. The molecule has 0 bridgehead atoms. The van der Waals surface area contributed by atoms with Crippen molar-refractivity contribution in [2.24, 2.45) is 0 Å². The Kier molecular flexibility index (Phi) is 2.57. The van der Waals surface area contributed by atoms with Crippen LogP contribution in [-0.4, -0.2) is 21.0 Å². The lowest BCUT2D eigenvalue weighted by Gasteiger charge is -1.94. The maximum absolute atomic E-state index is 10.9. The van der Waals surface area contributed by atoms with Gasteiger partial charge < -0.3 is 10.1 Å². The zero-order valence-electron chi connectivity index (χ0n) is 6.28. The standard InChI is InChI=1S/C7H8N2O3/c10-6(11)2-1-5-3-8-4-9-7(5)12/h3-4H,1-2H2,(H,10,11)(H,8,9,12). The number of nitrogens with one attached hydrogen (secondary N) is 1. The third-order valence-electron chi connectivity index (χ3n) is 1.40. The van der Waals surface area contributed by atoms with Crippen molar-refractivity contribution in [1.29, 1.82) is 0 Å². The molecule has 0 fully saturated rings. The zero-order valence-corrected chi connectivity index (χ0v) is 6.28. The van der Waals surface area contributed by atoms with Crippen LogP contribution in [0.25, 0.3) is 0 Å². The van der Waals surface area contributed by atoms with E-state index in [9.17, 15) is 9.59 Å². The Labute approximate surface area is 68.1 Å². The molecule has 0 amide bonds. The lowest BCUT2D eigenvalue weighted by molar-refractivity contribution is -0.136. The molecule has 1 aromatic heterocycles. The minimum absolute atomic E-state index is 0.0469. The van der Waals surface area contributed by atoms with Gasteiger partial charge in [0.25, 0.3) is 5.56 Å². The van der Waals surface area contributed by atoms with Gasteiger partial charge in [0.2, 0.25) is 0 Å². The Morgan fingerprint density at radius 3 is 3.00 bits per heavy atom. The molecule has 5 nitrogen and oxygen atoms in total. The Bertz CT molecular complexity index is 331. The van der Waals surface area contributed by atoms with Crippen molar-refractivity contribution in [3.05, 3.63) is 28.4 Å². The molecule has 0 atom stereocenters. The lowest BCUT2D eigenvalue weighted by Crippen LogP contribution is -2.13. The normalized spacial score (nSPS) is 9.67. The van der Waals surface area contributed by atoms with Gasteiger partial charge in [0.15, 0.2) is 0 Å². The van der Waals surface area contributed by atoms with Crippen molar-refractivity contribution < 1.29 is 9.90 Å². The van der Waals surface area contributed by atoms with E-state index in [0.29, 0.717) is 5.56 Å². The fourth-order valence-corrected chi connectivity index (χ4v) is 0.794. The monoisotopic (exact) mass is 168 g/mol. The number of H-pyrrole nitrogens is 1. The number of aryl methyl sites for hydroxylation is 1. The van der Waals surface area contributed by atoms with Crippen LogP contribution in [0.1, 0.15) is 12.0 Å². The summed E-state index contributed by atoms with van der Waals surface area (Å²) in [6.45, 7) is 0. The van der Waals surface area contributed by atoms with E-state index in [2.05, 4.69) is 9.97 Å². The Morgan fingerprint density at radius 2 is 2.42 bits per heavy atom. The molecule has 0 saturated heterocycles. The minimum atomic E-state index is -0.918. The average molecular weight is 168 g/mol. The smallest absolute Gasteiger partial charge is 0.303 e. The molecule has 0 saturated carbocycles. The van der Waals surface area contributed by atoms with E-state index < -0.39 is 5.97 Å². The fraction of sp³-hybridized carbons (Fsp3) is 0.286. The first-order chi connectivity index (χ1) is 5.70. The highest BCUT2D eigenvalue weighted by atomic mass is 16.4.